The monoisotopic (exact) mass is 350 g/mol. The molecule has 1 aliphatic rings. The van der Waals surface area contributed by atoms with Crippen LogP contribution in [-0.2, 0) is 0 Å². The Bertz CT molecular complexity index is 795. The van der Waals surface area contributed by atoms with E-state index in [1.807, 2.05) is 36.4 Å². The maximum Gasteiger partial charge on any atom is 0.251 e. The molecule has 1 atom stereocenters. The van der Waals surface area contributed by atoms with Crippen LogP contribution in [0, 0.1) is 11.3 Å². The molecule has 0 aromatic heterocycles. The third-order valence-electron chi connectivity index (χ3n) is 4.58. The summed E-state index contributed by atoms with van der Waals surface area (Å²) in [6, 6.07) is 17.2. The minimum absolute atomic E-state index is 0.214. The van der Waals surface area contributed by atoms with Gasteiger partial charge in [-0.15, -0.1) is 0 Å². The van der Waals surface area contributed by atoms with E-state index in [1.54, 1.807) is 19.2 Å². The lowest BCUT2D eigenvalue weighted by atomic mass is 9.97. The summed E-state index contributed by atoms with van der Waals surface area (Å²) in [6.07, 6.45) is 0. The first-order valence-electron chi connectivity index (χ1n) is 8.59. The van der Waals surface area contributed by atoms with Gasteiger partial charge in [0.05, 0.1) is 19.1 Å². The fraction of sp³-hybridized carbons (Fsp3) is 0.300. The average Bonchev–Trinajstić information content (AvgIpc) is 3.23. The maximum absolute atomic E-state index is 12.5. The third kappa shape index (κ3) is 4.02. The first kappa shape index (κ1) is 17.9. The minimum atomic E-state index is -0.378. The number of hydrogen-bond acceptors (Lipinski definition) is 5. The second-order valence-electron chi connectivity index (χ2n) is 6.22. The molecule has 1 unspecified atom stereocenters. The van der Waals surface area contributed by atoms with Crippen molar-refractivity contribution >= 4 is 5.91 Å². The van der Waals surface area contributed by atoms with E-state index in [0.717, 1.165) is 24.2 Å². The number of rotatable bonds is 6. The van der Waals surface area contributed by atoms with E-state index < -0.39 is 0 Å². The Labute approximate surface area is 153 Å². The predicted octanol–water partition coefficient (Wildman–Crippen LogP) is 1.92. The summed E-state index contributed by atoms with van der Waals surface area (Å²) in [5.74, 6) is 0.418. The van der Waals surface area contributed by atoms with Crippen LogP contribution in [0.2, 0.25) is 0 Å². The number of carbonyl (C=O) groups excluding carboxylic acids is 1. The molecule has 0 spiro atoms. The molecule has 26 heavy (non-hydrogen) atoms. The van der Waals surface area contributed by atoms with Gasteiger partial charge >= 0.3 is 0 Å². The molecule has 6 nitrogen and oxygen atoms in total. The zero-order valence-corrected chi connectivity index (χ0v) is 14.7. The molecule has 0 saturated carbocycles. The Balaban J connectivity index is 1.68. The first-order valence-corrected chi connectivity index (χ1v) is 8.59. The lowest BCUT2D eigenvalue weighted by Gasteiger charge is -2.15. The van der Waals surface area contributed by atoms with Crippen molar-refractivity contribution in [2.45, 2.75) is 11.8 Å². The molecule has 6 heteroatoms. The SMILES string of the molecule is COc1cc(C(=O)NCC(C#N)c2ccccc2)ccc1C1CNNC1. The molecular weight excluding hydrogens is 328 g/mol. The van der Waals surface area contributed by atoms with Crippen LogP contribution < -0.4 is 20.9 Å². The normalized spacial score (nSPS) is 15.2. The van der Waals surface area contributed by atoms with Crippen molar-refractivity contribution in [3.8, 4) is 11.8 Å². The molecule has 1 amide bonds. The number of nitrogens with zero attached hydrogens (tertiary/aromatic N) is 1. The second-order valence-corrected chi connectivity index (χ2v) is 6.22. The minimum Gasteiger partial charge on any atom is -0.496 e. The van der Waals surface area contributed by atoms with Gasteiger partial charge in [-0.05, 0) is 23.3 Å². The molecule has 1 saturated heterocycles. The van der Waals surface area contributed by atoms with Crippen molar-refractivity contribution in [1.82, 2.24) is 16.2 Å². The molecular formula is C20H22N4O2. The molecule has 3 N–H and O–H groups in total. The molecule has 2 aromatic rings. The number of benzene rings is 2. The average molecular weight is 350 g/mol. The topological polar surface area (TPSA) is 86.2 Å². The molecule has 0 radical (unpaired) electrons. The number of carbonyl (C=O) groups is 1. The zero-order valence-electron chi connectivity index (χ0n) is 14.7. The van der Waals surface area contributed by atoms with Gasteiger partial charge in [0.25, 0.3) is 5.91 Å². The molecule has 1 aliphatic heterocycles. The van der Waals surface area contributed by atoms with Crippen LogP contribution in [0.15, 0.2) is 48.5 Å². The van der Waals surface area contributed by atoms with Crippen molar-refractivity contribution in [2.24, 2.45) is 0 Å². The van der Waals surface area contributed by atoms with Crippen molar-refractivity contribution in [1.29, 1.82) is 5.26 Å². The van der Waals surface area contributed by atoms with E-state index in [-0.39, 0.29) is 18.4 Å². The Hall–Kier alpha value is -2.88. The fourth-order valence-corrected chi connectivity index (χ4v) is 3.09. The van der Waals surface area contributed by atoms with Gasteiger partial charge in [0, 0.05) is 31.1 Å². The van der Waals surface area contributed by atoms with Gasteiger partial charge < -0.3 is 10.1 Å². The zero-order chi connectivity index (χ0) is 18.4. The highest BCUT2D eigenvalue weighted by Gasteiger charge is 2.21. The van der Waals surface area contributed by atoms with Crippen LogP contribution in [0.1, 0.15) is 33.3 Å². The van der Waals surface area contributed by atoms with Gasteiger partial charge in [-0.2, -0.15) is 5.26 Å². The van der Waals surface area contributed by atoms with E-state index in [9.17, 15) is 10.1 Å². The third-order valence-corrected chi connectivity index (χ3v) is 4.58. The van der Waals surface area contributed by atoms with Gasteiger partial charge in [0.2, 0.25) is 0 Å². The maximum atomic E-state index is 12.5. The Morgan fingerprint density at radius 1 is 1.27 bits per heavy atom. The van der Waals surface area contributed by atoms with Crippen LogP contribution >= 0.6 is 0 Å². The smallest absolute Gasteiger partial charge is 0.251 e. The largest absolute Gasteiger partial charge is 0.496 e. The van der Waals surface area contributed by atoms with Crippen LogP contribution in [0.4, 0.5) is 0 Å². The molecule has 2 aromatic carbocycles. The predicted molar refractivity (Wildman–Crippen MR) is 98.9 cm³/mol. The quantitative estimate of drug-likeness (QED) is 0.741. The number of nitrogens with one attached hydrogen (secondary N) is 3. The summed E-state index contributed by atoms with van der Waals surface area (Å²) >= 11 is 0. The number of hydrogen-bond donors (Lipinski definition) is 3. The lowest BCUT2D eigenvalue weighted by molar-refractivity contribution is 0.0952. The van der Waals surface area contributed by atoms with Crippen molar-refractivity contribution in [2.75, 3.05) is 26.7 Å². The van der Waals surface area contributed by atoms with Gasteiger partial charge in [-0.1, -0.05) is 36.4 Å². The number of ether oxygens (including phenoxy) is 1. The van der Waals surface area contributed by atoms with E-state index >= 15 is 0 Å². The molecule has 1 fully saturated rings. The molecule has 1 heterocycles. The number of amides is 1. The van der Waals surface area contributed by atoms with Crippen LogP contribution in [0.25, 0.3) is 0 Å². The van der Waals surface area contributed by atoms with Crippen molar-refractivity contribution in [3.05, 3.63) is 65.2 Å². The molecule has 0 bridgehead atoms. The first-order chi connectivity index (χ1) is 12.7. The summed E-state index contributed by atoms with van der Waals surface area (Å²) in [4.78, 5) is 12.5. The Kier molecular flexibility index (Phi) is 5.84. The second kappa shape index (κ2) is 8.48. The Morgan fingerprint density at radius 3 is 2.65 bits per heavy atom. The van der Waals surface area contributed by atoms with Crippen molar-refractivity contribution in [3.63, 3.8) is 0 Å². The summed E-state index contributed by atoms with van der Waals surface area (Å²) in [7, 11) is 1.61. The highest BCUT2D eigenvalue weighted by molar-refractivity contribution is 5.94. The molecule has 134 valence electrons. The standard InChI is InChI=1S/C20H22N4O2/c1-26-19-9-15(7-8-18(19)17-12-23-24-13-17)20(25)22-11-16(10-21)14-5-3-2-4-6-14/h2-9,16-17,23-24H,11-13H2,1H3,(H,22,25). The summed E-state index contributed by atoms with van der Waals surface area (Å²) in [5, 5.41) is 12.2. The summed E-state index contributed by atoms with van der Waals surface area (Å²) in [6.45, 7) is 1.91. The van der Waals surface area contributed by atoms with Gasteiger partial charge in [-0.25, -0.2) is 0 Å². The number of nitriles is 1. The van der Waals surface area contributed by atoms with Crippen LogP contribution in [-0.4, -0.2) is 32.7 Å². The van der Waals surface area contributed by atoms with E-state index in [1.165, 1.54) is 0 Å². The highest BCUT2D eigenvalue weighted by Crippen LogP contribution is 2.28. The van der Waals surface area contributed by atoms with Gasteiger partial charge in [0.15, 0.2) is 0 Å². The summed E-state index contributed by atoms with van der Waals surface area (Å²) < 4.78 is 5.48. The van der Waals surface area contributed by atoms with Crippen molar-refractivity contribution < 1.29 is 9.53 Å². The summed E-state index contributed by atoms with van der Waals surface area (Å²) in [5.41, 5.74) is 8.68. The van der Waals surface area contributed by atoms with Crippen LogP contribution in [0.3, 0.4) is 0 Å². The fourth-order valence-electron chi connectivity index (χ4n) is 3.09. The van der Waals surface area contributed by atoms with Gasteiger partial charge in [-0.3, -0.25) is 15.6 Å². The molecule has 0 aliphatic carbocycles. The number of hydrazine groups is 1. The van der Waals surface area contributed by atoms with E-state index in [0.29, 0.717) is 17.2 Å². The number of methoxy groups -OCH3 is 1. The van der Waals surface area contributed by atoms with Crippen LogP contribution in [0.5, 0.6) is 5.75 Å². The molecule has 3 rings (SSSR count). The van der Waals surface area contributed by atoms with E-state index in [2.05, 4.69) is 22.2 Å². The lowest BCUT2D eigenvalue weighted by Crippen LogP contribution is -2.28. The Morgan fingerprint density at radius 2 is 2.00 bits per heavy atom. The van der Waals surface area contributed by atoms with Gasteiger partial charge in [0.1, 0.15) is 5.75 Å². The highest BCUT2D eigenvalue weighted by atomic mass is 16.5. The van der Waals surface area contributed by atoms with E-state index in [4.69, 9.17) is 4.74 Å².